The Kier molecular flexibility index (Phi) is 32.2. The van der Waals surface area contributed by atoms with Crippen LogP contribution in [-0.2, 0) is 38.7 Å². The molecule has 0 aromatic carbocycles. The zero-order valence-corrected chi connectivity index (χ0v) is 36.0. The van der Waals surface area contributed by atoms with E-state index in [1.54, 1.807) is 0 Å². The van der Waals surface area contributed by atoms with E-state index in [2.05, 4.69) is 44.2 Å². The molecule has 0 bridgehead atoms. The van der Waals surface area contributed by atoms with E-state index in [9.17, 15) is 37.9 Å². The van der Waals surface area contributed by atoms with Crippen LogP contribution in [0.1, 0.15) is 174 Å². The Morgan fingerprint density at radius 3 is 1.68 bits per heavy atom. The molecule has 1 fully saturated rings. The van der Waals surface area contributed by atoms with Crippen LogP contribution in [0.3, 0.4) is 0 Å². The van der Waals surface area contributed by atoms with Crippen LogP contribution in [0.5, 0.6) is 0 Å². The summed E-state index contributed by atoms with van der Waals surface area (Å²) in [6, 6.07) is 0. The van der Waals surface area contributed by atoms with E-state index in [1.165, 1.54) is 77.0 Å². The van der Waals surface area contributed by atoms with E-state index in [0.29, 0.717) is 12.8 Å². The number of aliphatic hydroxyl groups excluding tert-OH is 3. The highest BCUT2D eigenvalue weighted by molar-refractivity contribution is 7.85. The van der Waals surface area contributed by atoms with Crippen LogP contribution < -0.4 is 0 Å². The zero-order valence-electron chi connectivity index (χ0n) is 35.2. The van der Waals surface area contributed by atoms with Gasteiger partial charge in [-0.3, -0.25) is 14.1 Å². The predicted octanol–water partition coefficient (Wildman–Crippen LogP) is 8.61. The lowest BCUT2D eigenvalue weighted by atomic mass is 10.00. The van der Waals surface area contributed by atoms with Crippen molar-refractivity contribution in [3.05, 3.63) is 36.5 Å². The fourth-order valence-electron chi connectivity index (χ4n) is 6.47. The predicted molar refractivity (Wildman–Crippen MR) is 224 cm³/mol. The van der Waals surface area contributed by atoms with Gasteiger partial charge in [-0.25, -0.2) is 0 Å². The zero-order chi connectivity index (χ0) is 42.0. The number of carbonyl (C=O) groups excluding carboxylic acids is 2. The third-order valence-electron chi connectivity index (χ3n) is 9.96. The maximum Gasteiger partial charge on any atom is 0.306 e. The minimum Gasteiger partial charge on any atom is -0.462 e. The number of aliphatic hydroxyl groups is 3. The Labute approximate surface area is 344 Å². The highest BCUT2D eigenvalue weighted by Gasteiger charge is 2.46. The summed E-state index contributed by atoms with van der Waals surface area (Å²) in [4.78, 5) is 25.3. The van der Waals surface area contributed by atoms with Gasteiger partial charge in [-0.1, -0.05) is 147 Å². The standard InChI is InChI=1S/C44H78O12S/c1-3-5-7-9-11-13-15-17-19-21-23-25-27-29-31-33-40(46)55-37(35-54-44-43(49)42(48)41(47)38(56-44)36-57(50,51)52)34-53-39(45)32-30-28-26-24-22-20-18-16-14-12-10-8-6-4-2/h10,12,16,18,27,29,37-38,41-44,47-49H,3-9,11,13-15,17,19-26,28,30-36H2,1-2H3,(H,50,51,52)/b12-10+,18-16+,29-27+/t37-,38-,41-,42?,43?,44+/m1/s1. The maximum absolute atomic E-state index is 12.8. The summed E-state index contributed by atoms with van der Waals surface area (Å²) < 4.78 is 53.9. The Bertz CT molecular complexity index is 1200. The number of allylic oxidation sites excluding steroid dienone is 6. The number of hydrogen-bond acceptors (Lipinski definition) is 11. The number of rotatable bonds is 36. The van der Waals surface area contributed by atoms with E-state index < -0.39 is 71.2 Å². The van der Waals surface area contributed by atoms with Gasteiger partial charge < -0.3 is 34.3 Å². The number of hydrogen-bond donors (Lipinski definition) is 4. The number of esters is 2. The Balaban J connectivity index is 2.49. The van der Waals surface area contributed by atoms with Gasteiger partial charge in [0.15, 0.2) is 12.4 Å². The molecule has 6 atom stereocenters. The SMILES string of the molecule is CCCC/C=C/C/C=C/CCCCCCCC(=O)OC[C@H](CO[C@H]1O[C@H](CS(=O)(=O)O)[C@@H](O)C(O)C1O)OC(=O)CC/C=C/CCCCCCCCCCCCC. The van der Waals surface area contributed by atoms with E-state index in [1.807, 2.05) is 6.08 Å². The topological polar surface area (TPSA) is 186 Å². The molecule has 1 saturated heterocycles. The smallest absolute Gasteiger partial charge is 0.306 e. The van der Waals surface area contributed by atoms with Gasteiger partial charge in [0.05, 0.1) is 6.61 Å². The monoisotopic (exact) mass is 831 g/mol. The molecule has 4 N–H and O–H groups in total. The van der Waals surface area contributed by atoms with Crippen molar-refractivity contribution in [2.75, 3.05) is 19.0 Å². The molecule has 0 spiro atoms. The molecule has 0 aromatic heterocycles. The summed E-state index contributed by atoms with van der Waals surface area (Å²) in [5.74, 6) is -2.06. The molecule has 12 nitrogen and oxygen atoms in total. The van der Waals surface area contributed by atoms with E-state index in [0.717, 1.165) is 57.8 Å². The van der Waals surface area contributed by atoms with Crippen molar-refractivity contribution in [3.8, 4) is 0 Å². The van der Waals surface area contributed by atoms with Crippen molar-refractivity contribution in [2.24, 2.45) is 0 Å². The summed E-state index contributed by atoms with van der Waals surface area (Å²) in [7, 11) is -4.61. The third kappa shape index (κ3) is 29.7. The van der Waals surface area contributed by atoms with Crippen LogP contribution in [0.15, 0.2) is 36.5 Å². The fourth-order valence-corrected chi connectivity index (χ4v) is 7.17. The highest BCUT2D eigenvalue weighted by Crippen LogP contribution is 2.24. The number of ether oxygens (including phenoxy) is 4. The first-order valence-electron chi connectivity index (χ1n) is 22.0. The van der Waals surface area contributed by atoms with Gasteiger partial charge in [0.1, 0.15) is 36.8 Å². The normalized spacial score (nSPS) is 20.8. The Morgan fingerprint density at radius 2 is 1.11 bits per heavy atom. The minimum atomic E-state index is -4.61. The number of unbranched alkanes of at least 4 members (excludes halogenated alkanes) is 18. The second kappa shape index (κ2) is 34.7. The van der Waals surface area contributed by atoms with Crippen LogP contribution in [0.2, 0.25) is 0 Å². The molecule has 0 amide bonds. The highest BCUT2D eigenvalue weighted by atomic mass is 32.2. The lowest BCUT2D eigenvalue weighted by molar-refractivity contribution is -0.297. The molecule has 0 aromatic rings. The molecule has 1 aliphatic heterocycles. The van der Waals surface area contributed by atoms with Gasteiger partial charge in [0.25, 0.3) is 10.1 Å². The average Bonchev–Trinajstić information content (AvgIpc) is 3.17. The molecule has 1 rings (SSSR count). The molecule has 332 valence electrons. The second-order valence-electron chi connectivity index (χ2n) is 15.4. The first-order valence-corrected chi connectivity index (χ1v) is 23.7. The molecule has 2 unspecified atom stereocenters. The van der Waals surface area contributed by atoms with Gasteiger partial charge in [-0.05, 0) is 51.4 Å². The number of carbonyl (C=O) groups is 2. The molecular formula is C44H78O12S. The van der Waals surface area contributed by atoms with Gasteiger partial charge >= 0.3 is 11.9 Å². The van der Waals surface area contributed by atoms with Crippen molar-refractivity contribution < 1.29 is 56.8 Å². The fraction of sp³-hybridized carbons (Fsp3) is 0.818. The van der Waals surface area contributed by atoms with E-state index in [4.69, 9.17) is 18.9 Å². The van der Waals surface area contributed by atoms with Gasteiger partial charge in [0.2, 0.25) is 0 Å². The largest absolute Gasteiger partial charge is 0.462 e. The average molecular weight is 831 g/mol. The van der Waals surface area contributed by atoms with Crippen molar-refractivity contribution in [1.82, 2.24) is 0 Å². The lowest BCUT2D eigenvalue weighted by Crippen LogP contribution is -2.60. The van der Waals surface area contributed by atoms with Crippen molar-refractivity contribution in [2.45, 2.75) is 211 Å². The van der Waals surface area contributed by atoms with E-state index >= 15 is 0 Å². The van der Waals surface area contributed by atoms with Crippen molar-refractivity contribution in [3.63, 3.8) is 0 Å². The summed E-state index contributed by atoms with van der Waals surface area (Å²) in [5, 5.41) is 30.8. The van der Waals surface area contributed by atoms with Crippen LogP contribution in [0.25, 0.3) is 0 Å². The lowest BCUT2D eigenvalue weighted by Gasteiger charge is -2.40. The van der Waals surface area contributed by atoms with Crippen LogP contribution >= 0.6 is 0 Å². The molecule has 0 saturated carbocycles. The minimum absolute atomic E-state index is 0.0784. The maximum atomic E-state index is 12.8. The summed E-state index contributed by atoms with van der Waals surface area (Å²) in [6.45, 7) is 3.67. The van der Waals surface area contributed by atoms with Gasteiger partial charge in [0, 0.05) is 12.8 Å². The van der Waals surface area contributed by atoms with Crippen LogP contribution in [0, 0.1) is 0 Å². The molecule has 0 aliphatic carbocycles. The summed E-state index contributed by atoms with van der Waals surface area (Å²) in [5.41, 5.74) is 0. The molecular weight excluding hydrogens is 753 g/mol. The third-order valence-corrected chi connectivity index (χ3v) is 10.7. The Hall–Kier alpha value is -2.13. The molecule has 1 heterocycles. The summed E-state index contributed by atoms with van der Waals surface area (Å²) in [6.07, 6.45) is 29.2. The first-order chi connectivity index (χ1) is 27.5. The first kappa shape index (κ1) is 52.9. The van der Waals surface area contributed by atoms with Crippen molar-refractivity contribution >= 4 is 22.1 Å². The van der Waals surface area contributed by atoms with Gasteiger partial charge in [-0.15, -0.1) is 0 Å². The molecule has 1 aliphatic rings. The quantitative estimate of drug-likeness (QED) is 0.0204. The second-order valence-corrected chi connectivity index (χ2v) is 16.9. The van der Waals surface area contributed by atoms with Crippen LogP contribution in [-0.4, -0.2) is 96.0 Å². The van der Waals surface area contributed by atoms with Gasteiger partial charge in [-0.2, -0.15) is 8.42 Å². The Morgan fingerprint density at radius 1 is 0.596 bits per heavy atom. The summed E-state index contributed by atoms with van der Waals surface area (Å²) >= 11 is 0. The van der Waals surface area contributed by atoms with E-state index in [-0.39, 0.29) is 19.4 Å². The molecule has 57 heavy (non-hydrogen) atoms. The van der Waals surface area contributed by atoms with Crippen LogP contribution in [0.4, 0.5) is 0 Å². The van der Waals surface area contributed by atoms with Crippen molar-refractivity contribution in [1.29, 1.82) is 0 Å². The molecule has 0 radical (unpaired) electrons. The molecule has 13 heteroatoms.